The molecule has 0 spiro atoms. The highest BCUT2D eigenvalue weighted by Gasteiger charge is 2.38. The number of benzene rings is 5. The van der Waals surface area contributed by atoms with Gasteiger partial charge in [-0.3, -0.25) is 4.57 Å². The zero-order valence-electron chi connectivity index (χ0n) is 28.8. The Morgan fingerprint density at radius 3 is 2.15 bits per heavy atom. The van der Waals surface area contributed by atoms with Crippen molar-refractivity contribution in [3.63, 3.8) is 0 Å². The Balaban J connectivity index is 0.000000880. The highest BCUT2D eigenvalue weighted by Crippen LogP contribution is 2.48. The summed E-state index contributed by atoms with van der Waals surface area (Å²) in [5, 5.41) is 8.74. The fourth-order valence-corrected chi connectivity index (χ4v) is 7.37. The van der Waals surface area contributed by atoms with Gasteiger partial charge < -0.3 is 5.32 Å². The van der Waals surface area contributed by atoms with Crippen molar-refractivity contribution in [2.45, 2.75) is 47.0 Å². The first-order valence-corrected chi connectivity index (χ1v) is 17.4. The molecule has 2 aromatic heterocycles. The predicted molar refractivity (Wildman–Crippen MR) is 207 cm³/mol. The van der Waals surface area contributed by atoms with Gasteiger partial charge in [0.25, 0.3) is 0 Å². The van der Waals surface area contributed by atoms with Crippen LogP contribution in [0.25, 0.3) is 60.9 Å². The Kier molecular flexibility index (Phi) is 8.23. The lowest BCUT2D eigenvalue weighted by Crippen LogP contribution is -2.23. The number of rotatable bonds is 3. The predicted octanol–water partition coefficient (Wildman–Crippen LogP) is 11.7. The Bertz CT molecular complexity index is 2370. The molecular weight excluding hydrogens is 583 g/mol. The number of pyridine rings is 1. The molecule has 0 saturated heterocycles. The molecule has 0 bridgehead atoms. The van der Waals surface area contributed by atoms with E-state index in [1.165, 1.54) is 66.1 Å². The molecule has 0 unspecified atom stereocenters. The molecule has 0 fully saturated rings. The fourth-order valence-electron chi connectivity index (χ4n) is 7.37. The van der Waals surface area contributed by atoms with E-state index in [0.717, 1.165) is 23.6 Å². The first-order chi connectivity index (χ1) is 23.6. The molecule has 0 saturated carbocycles. The number of nitrogens with one attached hydrogen (secondary N) is 1. The van der Waals surface area contributed by atoms with E-state index in [-0.39, 0.29) is 5.41 Å². The molecule has 1 aliphatic carbocycles. The molecule has 238 valence electrons. The van der Waals surface area contributed by atoms with Crippen LogP contribution in [-0.4, -0.2) is 16.1 Å². The van der Waals surface area contributed by atoms with E-state index in [1.807, 2.05) is 27.7 Å². The molecule has 1 aliphatic heterocycles. The van der Waals surface area contributed by atoms with Crippen LogP contribution >= 0.6 is 0 Å². The third-order valence-electron chi connectivity index (χ3n) is 9.62. The third kappa shape index (κ3) is 5.02. The SMILES string of the molecule is CC.CC.CC1(C)C2=C(NCC(c3cccc(-c4cccc(-n5c6ccccc6c6cc7ccccc7cc65)n4)c3)=C2)c2ccccc21. The maximum absolute atomic E-state index is 5.27. The normalized spacial score (nSPS) is 14.3. The van der Waals surface area contributed by atoms with Gasteiger partial charge in [-0.2, -0.15) is 0 Å². The molecular formula is C45H43N3. The van der Waals surface area contributed by atoms with Crippen LogP contribution in [0.4, 0.5) is 0 Å². The molecule has 48 heavy (non-hydrogen) atoms. The van der Waals surface area contributed by atoms with Crippen molar-refractivity contribution in [3.8, 4) is 17.1 Å². The summed E-state index contributed by atoms with van der Waals surface area (Å²) in [5.74, 6) is 0.924. The van der Waals surface area contributed by atoms with Gasteiger partial charge in [-0.15, -0.1) is 0 Å². The van der Waals surface area contributed by atoms with E-state index >= 15 is 0 Å². The lowest BCUT2D eigenvalue weighted by molar-refractivity contribution is 0.651. The second-order valence-corrected chi connectivity index (χ2v) is 12.5. The van der Waals surface area contributed by atoms with Crippen LogP contribution in [0.15, 0.2) is 139 Å². The maximum atomic E-state index is 5.27. The van der Waals surface area contributed by atoms with E-state index in [1.54, 1.807) is 0 Å². The van der Waals surface area contributed by atoms with Gasteiger partial charge in [0.15, 0.2) is 0 Å². The van der Waals surface area contributed by atoms with Gasteiger partial charge in [0.1, 0.15) is 5.82 Å². The minimum Gasteiger partial charge on any atom is -0.380 e. The van der Waals surface area contributed by atoms with Crippen molar-refractivity contribution < 1.29 is 0 Å². The van der Waals surface area contributed by atoms with Gasteiger partial charge in [-0.05, 0) is 69.4 Å². The van der Waals surface area contributed by atoms with Gasteiger partial charge >= 0.3 is 0 Å². The number of fused-ring (bicyclic) bond motifs is 6. The van der Waals surface area contributed by atoms with E-state index in [0.29, 0.717) is 0 Å². The van der Waals surface area contributed by atoms with Crippen LogP contribution < -0.4 is 5.32 Å². The van der Waals surface area contributed by atoms with E-state index in [2.05, 4.69) is 157 Å². The highest BCUT2D eigenvalue weighted by atomic mass is 15.1. The van der Waals surface area contributed by atoms with Gasteiger partial charge in [-0.1, -0.05) is 139 Å². The molecule has 2 aliphatic rings. The standard InChI is InChI=1S/C41H31N3.2C2H6/c1-41(2)34-17-7-5-16-32(34)40-35(41)23-30(25-42-40)26-13-9-14-29(21-26)36-18-10-20-39(43-36)44-37-19-8-6-15-31(37)33-22-27-11-3-4-12-28(27)24-38(33)44;2*1-2/h3-24,42H,25H2,1-2H3;2*1-2H3. The number of para-hydroxylation sites is 1. The number of hydrogen-bond acceptors (Lipinski definition) is 2. The van der Waals surface area contributed by atoms with Crippen LogP contribution in [0.5, 0.6) is 0 Å². The minimum absolute atomic E-state index is 0.0360. The number of dihydropyridines is 1. The zero-order chi connectivity index (χ0) is 33.4. The van der Waals surface area contributed by atoms with Gasteiger partial charge in [0.2, 0.25) is 0 Å². The second-order valence-electron chi connectivity index (χ2n) is 12.5. The number of aromatic nitrogens is 2. The summed E-state index contributed by atoms with van der Waals surface area (Å²) < 4.78 is 2.31. The minimum atomic E-state index is -0.0360. The molecule has 5 aromatic carbocycles. The molecule has 1 N–H and O–H groups in total. The van der Waals surface area contributed by atoms with Crippen LogP contribution in [0.3, 0.4) is 0 Å². The van der Waals surface area contributed by atoms with Crippen LogP contribution in [0.2, 0.25) is 0 Å². The summed E-state index contributed by atoms with van der Waals surface area (Å²) in [5.41, 5.74) is 12.3. The largest absolute Gasteiger partial charge is 0.380 e. The van der Waals surface area contributed by atoms with Crippen LogP contribution in [-0.2, 0) is 5.41 Å². The average molecular weight is 626 g/mol. The molecule has 3 nitrogen and oxygen atoms in total. The monoisotopic (exact) mass is 625 g/mol. The Morgan fingerprint density at radius 2 is 1.31 bits per heavy atom. The molecule has 3 heterocycles. The summed E-state index contributed by atoms with van der Waals surface area (Å²) in [4.78, 5) is 5.27. The van der Waals surface area contributed by atoms with E-state index in [9.17, 15) is 0 Å². The lowest BCUT2D eigenvalue weighted by atomic mass is 9.80. The third-order valence-corrected chi connectivity index (χ3v) is 9.62. The quantitative estimate of drug-likeness (QED) is 0.212. The number of nitrogens with zero attached hydrogens (tertiary/aromatic N) is 2. The molecule has 3 heteroatoms. The van der Waals surface area contributed by atoms with Crippen molar-refractivity contribution in [2.24, 2.45) is 0 Å². The van der Waals surface area contributed by atoms with Gasteiger partial charge in [0.05, 0.1) is 16.7 Å². The summed E-state index contributed by atoms with van der Waals surface area (Å²) in [6.07, 6.45) is 2.41. The van der Waals surface area contributed by atoms with Crippen LogP contribution in [0, 0.1) is 0 Å². The molecule has 7 aromatic rings. The first-order valence-electron chi connectivity index (χ1n) is 17.4. The smallest absolute Gasteiger partial charge is 0.138 e. The van der Waals surface area contributed by atoms with E-state index < -0.39 is 0 Å². The summed E-state index contributed by atoms with van der Waals surface area (Å²) in [7, 11) is 0. The summed E-state index contributed by atoms with van der Waals surface area (Å²) >= 11 is 0. The summed E-state index contributed by atoms with van der Waals surface area (Å²) in [6, 6.07) is 45.9. The van der Waals surface area contributed by atoms with Crippen molar-refractivity contribution >= 4 is 43.8 Å². The highest BCUT2D eigenvalue weighted by molar-refractivity contribution is 6.13. The Labute approximate surface area is 284 Å². The van der Waals surface area contributed by atoms with E-state index in [4.69, 9.17) is 4.98 Å². The van der Waals surface area contributed by atoms with Crippen molar-refractivity contribution in [1.82, 2.24) is 14.9 Å². The fraction of sp³-hybridized carbons (Fsp3) is 0.178. The maximum Gasteiger partial charge on any atom is 0.138 e. The van der Waals surface area contributed by atoms with Crippen molar-refractivity contribution in [3.05, 3.63) is 156 Å². The van der Waals surface area contributed by atoms with Crippen molar-refractivity contribution in [1.29, 1.82) is 0 Å². The zero-order valence-corrected chi connectivity index (χ0v) is 28.8. The molecule has 0 amide bonds. The van der Waals surface area contributed by atoms with Crippen LogP contribution in [0.1, 0.15) is 58.2 Å². The Morgan fingerprint density at radius 1 is 0.625 bits per heavy atom. The van der Waals surface area contributed by atoms with Crippen molar-refractivity contribution in [2.75, 3.05) is 6.54 Å². The molecule has 9 rings (SSSR count). The summed E-state index contributed by atoms with van der Waals surface area (Å²) in [6.45, 7) is 13.5. The second kappa shape index (κ2) is 12.7. The number of allylic oxidation sites excluding steroid dienone is 2. The molecule has 0 atom stereocenters. The number of hydrogen-bond donors (Lipinski definition) is 1. The average Bonchev–Trinajstić information content (AvgIpc) is 3.60. The first kappa shape index (κ1) is 31.2. The van der Waals surface area contributed by atoms with Gasteiger partial charge in [0, 0.05) is 39.6 Å². The topological polar surface area (TPSA) is 29.9 Å². The lowest BCUT2D eigenvalue weighted by Gasteiger charge is -2.26. The van der Waals surface area contributed by atoms with Gasteiger partial charge in [-0.25, -0.2) is 4.98 Å². The molecule has 0 radical (unpaired) electrons. The Hall–Kier alpha value is -5.41.